The number of carbonyl (C=O) groups is 1. The van der Waals surface area contributed by atoms with E-state index in [4.69, 9.17) is 10.2 Å². The minimum atomic E-state index is -0.725. The molecule has 1 atom stereocenters. The first-order valence-corrected chi connectivity index (χ1v) is 4.73. The second-order valence-corrected chi connectivity index (χ2v) is 3.24. The molecule has 1 unspecified atom stereocenters. The van der Waals surface area contributed by atoms with Crippen molar-refractivity contribution in [2.24, 2.45) is 0 Å². The predicted octanol–water partition coefficient (Wildman–Crippen LogP) is 0.602. The molecule has 3 N–H and O–H groups in total. The maximum absolute atomic E-state index is 10.1. The predicted molar refractivity (Wildman–Crippen MR) is 50.7 cm³/mol. The number of hydrogen-bond acceptors (Lipinski definition) is 3. The van der Waals surface area contributed by atoms with Crippen LogP contribution < -0.4 is 5.32 Å². The van der Waals surface area contributed by atoms with E-state index in [1.54, 1.807) is 0 Å². The van der Waals surface area contributed by atoms with Crippen LogP contribution in [-0.2, 0) is 4.79 Å². The van der Waals surface area contributed by atoms with Crippen molar-refractivity contribution in [3.05, 3.63) is 0 Å². The van der Waals surface area contributed by atoms with Gasteiger partial charge in [-0.2, -0.15) is 0 Å². The fourth-order valence-corrected chi connectivity index (χ4v) is 0.991. The first kappa shape index (κ1) is 12.4. The van der Waals surface area contributed by atoms with Gasteiger partial charge in [-0.25, -0.2) is 0 Å². The summed E-state index contributed by atoms with van der Waals surface area (Å²) in [5.74, 6) is -0.725. The molecule has 0 aliphatic heterocycles. The Morgan fingerprint density at radius 1 is 1.38 bits per heavy atom. The molecule has 0 saturated heterocycles. The van der Waals surface area contributed by atoms with E-state index in [0.29, 0.717) is 0 Å². The third kappa shape index (κ3) is 9.30. The summed E-state index contributed by atoms with van der Waals surface area (Å²) in [5, 5.41) is 20.1. The number of nitrogens with one attached hydrogen (secondary N) is 1. The third-order valence-corrected chi connectivity index (χ3v) is 1.83. The van der Waals surface area contributed by atoms with Crippen molar-refractivity contribution < 1.29 is 15.0 Å². The second kappa shape index (κ2) is 8.01. The third-order valence-electron chi connectivity index (χ3n) is 1.83. The summed E-state index contributed by atoms with van der Waals surface area (Å²) in [4.78, 5) is 10.1. The van der Waals surface area contributed by atoms with Gasteiger partial charge in [0.2, 0.25) is 0 Å². The van der Waals surface area contributed by atoms with Gasteiger partial charge in [0.25, 0.3) is 0 Å². The van der Waals surface area contributed by atoms with Gasteiger partial charge in [0.15, 0.2) is 0 Å². The molecule has 0 aliphatic rings. The Hall–Kier alpha value is -0.610. The van der Waals surface area contributed by atoms with Crippen LogP contribution in [0.4, 0.5) is 0 Å². The lowest BCUT2D eigenvalue weighted by molar-refractivity contribution is -0.137. The van der Waals surface area contributed by atoms with Gasteiger partial charge < -0.3 is 15.5 Å². The van der Waals surface area contributed by atoms with Gasteiger partial charge in [-0.05, 0) is 26.3 Å². The molecule has 0 saturated carbocycles. The van der Waals surface area contributed by atoms with Gasteiger partial charge in [-0.3, -0.25) is 4.79 Å². The summed E-state index contributed by atoms with van der Waals surface area (Å²) < 4.78 is 0. The molecule has 0 aromatic rings. The van der Waals surface area contributed by atoms with Crippen LogP contribution in [0.1, 0.15) is 32.6 Å². The minimum Gasteiger partial charge on any atom is -0.481 e. The molecule has 0 bridgehead atoms. The van der Waals surface area contributed by atoms with Crippen molar-refractivity contribution in [3.63, 3.8) is 0 Å². The van der Waals surface area contributed by atoms with Crippen LogP contribution in [0.3, 0.4) is 0 Å². The number of carboxylic acids is 1. The quantitative estimate of drug-likeness (QED) is 0.489. The van der Waals surface area contributed by atoms with Crippen molar-refractivity contribution in [1.29, 1.82) is 0 Å². The SMILES string of the molecule is CC(CO)NCCCCCC(=O)O. The van der Waals surface area contributed by atoms with Crippen LogP contribution in [0.15, 0.2) is 0 Å². The molecule has 0 aromatic carbocycles. The van der Waals surface area contributed by atoms with Crippen molar-refractivity contribution in [1.82, 2.24) is 5.32 Å². The van der Waals surface area contributed by atoms with E-state index in [1.165, 1.54) is 0 Å². The molecule has 13 heavy (non-hydrogen) atoms. The van der Waals surface area contributed by atoms with Crippen LogP contribution in [0.5, 0.6) is 0 Å². The normalized spacial score (nSPS) is 12.8. The molecular weight excluding hydrogens is 170 g/mol. The van der Waals surface area contributed by atoms with Crippen LogP contribution in [-0.4, -0.2) is 35.4 Å². The molecular formula is C9H19NO3. The van der Waals surface area contributed by atoms with E-state index in [-0.39, 0.29) is 19.1 Å². The maximum Gasteiger partial charge on any atom is 0.303 e. The molecule has 0 aromatic heterocycles. The minimum absolute atomic E-state index is 0.138. The van der Waals surface area contributed by atoms with Crippen molar-refractivity contribution in [2.75, 3.05) is 13.2 Å². The maximum atomic E-state index is 10.1. The molecule has 78 valence electrons. The van der Waals surface area contributed by atoms with E-state index in [1.807, 2.05) is 6.92 Å². The summed E-state index contributed by atoms with van der Waals surface area (Å²) in [5.41, 5.74) is 0. The molecule has 4 heteroatoms. The largest absolute Gasteiger partial charge is 0.481 e. The van der Waals surface area contributed by atoms with Crippen LogP contribution >= 0.6 is 0 Å². The number of carboxylic acid groups (broad SMARTS) is 1. The number of aliphatic hydroxyl groups excluding tert-OH is 1. The smallest absolute Gasteiger partial charge is 0.303 e. The van der Waals surface area contributed by atoms with Gasteiger partial charge in [0.1, 0.15) is 0 Å². The summed E-state index contributed by atoms with van der Waals surface area (Å²) in [6, 6.07) is 0.138. The van der Waals surface area contributed by atoms with Gasteiger partial charge >= 0.3 is 5.97 Å². The van der Waals surface area contributed by atoms with Gasteiger partial charge in [-0.15, -0.1) is 0 Å². The summed E-state index contributed by atoms with van der Waals surface area (Å²) in [6.45, 7) is 2.91. The van der Waals surface area contributed by atoms with E-state index in [2.05, 4.69) is 5.32 Å². The number of rotatable bonds is 8. The van der Waals surface area contributed by atoms with Crippen molar-refractivity contribution >= 4 is 5.97 Å². The van der Waals surface area contributed by atoms with E-state index < -0.39 is 5.97 Å². The lowest BCUT2D eigenvalue weighted by Crippen LogP contribution is -2.29. The summed E-state index contributed by atoms with van der Waals surface area (Å²) >= 11 is 0. The van der Waals surface area contributed by atoms with E-state index in [9.17, 15) is 4.79 Å². The highest BCUT2D eigenvalue weighted by Crippen LogP contribution is 1.98. The zero-order valence-electron chi connectivity index (χ0n) is 8.12. The average molecular weight is 189 g/mol. The van der Waals surface area contributed by atoms with Gasteiger partial charge in [0.05, 0.1) is 6.61 Å². The highest BCUT2D eigenvalue weighted by molar-refractivity contribution is 5.66. The summed E-state index contributed by atoms with van der Waals surface area (Å²) in [7, 11) is 0. The lowest BCUT2D eigenvalue weighted by atomic mass is 10.2. The zero-order valence-corrected chi connectivity index (χ0v) is 8.12. The number of hydrogen-bond donors (Lipinski definition) is 3. The molecule has 0 heterocycles. The average Bonchev–Trinajstić information content (AvgIpc) is 2.10. The fourth-order valence-electron chi connectivity index (χ4n) is 0.991. The van der Waals surface area contributed by atoms with Gasteiger partial charge in [0, 0.05) is 12.5 Å². The van der Waals surface area contributed by atoms with Crippen LogP contribution in [0.2, 0.25) is 0 Å². The molecule has 0 fully saturated rings. The Bertz CT molecular complexity index is 139. The standard InChI is InChI=1S/C9H19NO3/c1-8(7-11)10-6-4-2-3-5-9(12)13/h8,10-11H,2-7H2,1H3,(H,12,13). The van der Waals surface area contributed by atoms with Crippen molar-refractivity contribution in [3.8, 4) is 0 Å². The summed E-state index contributed by atoms with van der Waals surface area (Å²) in [6.07, 6.45) is 2.90. The Labute approximate surface area is 79.0 Å². The van der Waals surface area contributed by atoms with E-state index in [0.717, 1.165) is 25.8 Å². The highest BCUT2D eigenvalue weighted by atomic mass is 16.4. The first-order valence-electron chi connectivity index (χ1n) is 4.73. The monoisotopic (exact) mass is 189 g/mol. The van der Waals surface area contributed by atoms with Crippen molar-refractivity contribution in [2.45, 2.75) is 38.6 Å². The second-order valence-electron chi connectivity index (χ2n) is 3.24. The molecule has 0 spiro atoms. The topological polar surface area (TPSA) is 69.6 Å². The van der Waals surface area contributed by atoms with Gasteiger partial charge in [-0.1, -0.05) is 6.42 Å². The Morgan fingerprint density at radius 2 is 2.08 bits per heavy atom. The Morgan fingerprint density at radius 3 is 2.62 bits per heavy atom. The number of unbranched alkanes of at least 4 members (excludes halogenated alkanes) is 2. The molecule has 0 amide bonds. The number of aliphatic hydroxyl groups is 1. The molecule has 0 radical (unpaired) electrons. The molecule has 0 aliphatic carbocycles. The Kier molecular flexibility index (Phi) is 7.63. The van der Waals surface area contributed by atoms with Crippen LogP contribution in [0.25, 0.3) is 0 Å². The molecule has 4 nitrogen and oxygen atoms in total. The highest BCUT2D eigenvalue weighted by Gasteiger charge is 1.98. The molecule has 0 rings (SSSR count). The van der Waals surface area contributed by atoms with E-state index >= 15 is 0 Å². The van der Waals surface area contributed by atoms with Crippen LogP contribution in [0, 0.1) is 0 Å². The Balaban J connectivity index is 3.04. The lowest BCUT2D eigenvalue weighted by Gasteiger charge is -2.09. The zero-order chi connectivity index (χ0) is 10.1. The first-order chi connectivity index (χ1) is 6.16. The fraction of sp³-hybridized carbons (Fsp3) is 0.889. The number of aliphatic carboxylic acids is 1.